The van der Waals surface area contributed by atoms with E-state index in [-0.39, 0.29) is 17.1 Å². The quantitative estimate of drug-likeness (QED) is 0.482. The summed E-state index contributed by atoms with van der Waals surface area (Å²) in [5, 5.41) is 17.4. The fraction of sp³-hybridized carbons (Fsp3) is 0.111. The molecule has 0 saturated heterocycles. The summed E-state index contributed by atoms with van der Waals surface area (Å²) in [6.45, 7) is 1.68. The highest BCUT2D eigenvalue weighted by molar-refractivity contribution is 9.10. The maximum absolute atomic E-state index is 13.5. The Kier molecular flexibility index (Phi) is 4.20. The molecule has 134 valence electrons. The predicted octanol–water partition coefficient (Wildman–Crippen LogP) is 4.46. The number of halogens is 3. The maximum atomic E-state index is 13.5. The van der Waals surface area contributed by atoms with Crippen molar-refractivity contribution in [2.45, 2.75) is 13.3 Å². The number of rotatable bonds is 3. The van der Waals surface area contributed by atoms with Crippen LogP contribution in [0.2, 0.25) is 0 Å². The first-order valence-electron chi connectivity index (χ1n) is 7.87. The molecule has 0 aliphatic rings. The lowest BCUT2D eigenvalue weighted by atomic mass is 10.1. The lowest BCUT2D eigenvalue weighted by Crippen LogP contribution is -2.07. The zero-order valence-corrected chi connectivity index (χ0v) is 15.5. The Morgan fingerprint density at radius 3 is 2.74 bits per heavy atom. The van der Waals surface area contributed by atoms with Gasteiger partial charge in [0.2, 0.25) is 0 Å². The fourth-order valence-electron chi connectivity index (χ4n) is 2.85. The van der Waals surface area contributed by atoms with Gasteiger partial charge in [0.15, 0.2) is 11.5 Å². The molecule has 4 aromatic rings. The topological polar surface area (TPSA) is 71.8 Å². The molecule has 0 N–H and O–H groups in total. The molecule has 0 aliphatic heterocycles. The van der Waals surface area contributed by atoms with Gasteiger partial charge in [0, 0.05) is 21.9 Å². The summed E-state index contributed by atoms with van der Waals surface area (Å²) in [5.41, 5.74) is 2.41. The van der Waals surface area contributed by atoms with Crippen LogP contribution >= 0.6 is 15.9 Å². The zero-order chi connectivity index (χ0) is 19.1. The van der Waals surface area contributed by atoms with Crippen molar-refractivity contribution in [3.05, 3.63) is 64.1 Å². The van der Waals surface area contributed by atoms with E-state index in [2.05, 4.69) is 31.1 Å². The first kappa shape index (κ1) is 17.3. The number of nitriles is 1. The second-order valence-electron chi connectivity index (χ2n) is 5.84. The molecule has 0 radical (unpaired) electrons. The summed E-state index contributed by atoms with van der Waals surface area (Å²) in [7, 11) is 0. The summed E-state index contributed by atoms with van der Waals surface area (Å²) in [4.78, 5) is 4.43. The standard InChI is InChI=1S/C18H11BrF2N6/c1-10-6-12(7-22)25-27(10)18-13(17(20)21)3-4-15(24-18)14-8-23-26-9-11(19)2-5-16(14)26/h2-6,8-9,17H,1H3. The number of hydrogen-bond acceptors (Lipinski definition) is 4. The largest absolute Gasteiger partial charge is 0.267 e. The number of aromatic nitrogens is 5. The summed E-state index contributed by atoms with van der Waals surface area (Å²) in [6.07, 6.45) is 0.701. The third kappa shape index (κ3) is 2.98. The molecule has 0 fully saturated rings. The van der Waals surface area contributed by atoms with Gasteiger partial charge in [0.25, 0.3) is 6.43 Å². The van der Waals surface area contributed by atoms with Gasteiger partial charge in [-0.25, -0.2) is 23.0 Å². The smallest absolute Gasteiger partial charge is 0.239 e. The second kappa shape index (κ2) is 6.55. The molecule has 4 rings (SSSR count). The van der Waals surface area contributed by atoms with Crippen molar-refractivity contribution in [2.24, 2.45) is 0 Å². The minimum atomic E-state index is -2.73. The molecule has 0 spiro atoms. The van der Waals surface area contributed by atoms with Crippen LogP contribution in [0.15, 0.2) is 47.2 Å². The lowest BCUT2D eigenvalue weighted by Gasteiger charge is -2.11. The molecule has 0 aliphatic carbocycles. The third-order valence-electron chi connectivity index (χ3n) is 4.10. The van der Waals surface area contributed by atoms with Gasteiger partial charge in [-0.05, 0) is 53.2 Å². The highest BCUT2D eigenvalue weighted by atomic mass is 79.9. The number of aryl methyl sites for hydroxylation is 1. The van der Waals surface area contributed by atoms with Crippen LogP contribution in [0.1, 0.15) is 23.4 Å². The third-order valence-corrected chi connectivity index (χ3v) is 4.57. The van der Waals surface area contributed by atoms with E-state index < -0.39 is 6.43 Å². The average Bonchev–Trinajstić information content (AvgIpc) is 3.23. The number of alkyl halides is 2. The number of pyridine rings is 2. The van der Waals surface area contributed by atoms with Crippen LogP contribution in [0, 0.1) is 18.3 Å². The van der Waals surface area contributed by atoms with Crippen LogP contribution in [0.4, 0.5) is 8.78 Å². The summed E-state index contributed by atoms with van der Waals surface area (Å²) in [5.74, 6) is -0.00189. The first-order valence-corrected chi connectivity index (χ1v) is 8.66. The second-order valence-corrected chi connectivity index (χ2v) is 6.76. The van der Waals surface area contributed by atoms with Gasteiger partial charge in [-0.3, -0.25) is 0 Å². The van der Waals surface area contributed by atoms with Crippen molar-refractivity contribution < 1.29 is 8.78 Å². The molecule has 0 bridgehead atoms. The number of hydrogen-bond donors (Lipinski definition) is 0. The van der Waals surface area contributed by atoms with Gasteiger partial charge in [0.1, 0.15) is 6.07 Å². The van der Waals surface area contributed by atoms with E-state index in [4.69, 9.17) is 5.26 Å². The molecule has 6 nitrogen and oxygen atoms in total. The van der Waals surface area contributed by atoms with E-state index in [9.17, 15) is 8.78 Å². The summed E-state index contributed by atoms with van der Waals surface area (Å²) < 4.78 is 30.9. The molecule has 0 saturated carbocycles. The van der Waals surface area contributed by atoms with Crippen molar-refractivity contribution in [2.75, 3.05) is 0 Å². The van der Waals surface area contributed by atoms with Crippen molar-refractivity contribution >= 4 is 21.4 Å². The monoisotopic (exact) mass is 428 g/mol. The molecule has 4 aromatic heterocycles. The average molecular weight is 429 g/mol. The molecule has 9 heteroatoms. The SMILES string of the molecule is Cc1cc(C#N)nn1-c1nc(-c2cnn3cc(Br)ccc23)ccc1C(F)F. The molecule has 4 heterocycles. The number of fused-ring (bicyclic) bond motifs is 1. The van der Waals surface area contributed by atoms with E-state index in [0.717, 1.165) is 9.99 Å². The van der Waals surface area contributed by atoms with Crippen LogP contribution in [-0.4, -0.2) is 24.4 Å². The highest BCUT2D eigenvalue weighted by Gasteiger charge is 2.20. The van der Waals surface area contributed by atoms with Crippen LogP contribution in [-0.2, 0) is 0 Å². The van der Waals surface area contributed by atoms with E-state index in [1.807, 2.05) is 18.2 Å². The van der Waals surface area contributed by atoms with E-state index in [0.29, 0.717) is 17.0 Å². The van der Waals surface area contributed by atoms with Gasteiger partial charge in [0.05, 0.1) is 23.0 Å². The van der Waals surface area contributed by atoms with Crippen molar-refractivity contribution in [3.8, 4) is 23.1 Å². The molecule has 0 unspecified atom stereocenters. The molecule has 27 heavy (non-hydrogen) atoms. The molecular formula is C18H11BrF2N6. The Labute approximate surface area is 160 Å². The van der Waals surface area contributed by atoms with Gasteiger partial charge in [-0.2, -0.15) is 15.5 Å². The van der Waals surface area contributed by atoms with Gasteiger partial charge >= 0.3 is 0 Å². The first-order chi connectivity index (χ1) is 13.0. The van der Waals surface area contributed by atoms with Crippen LogP contribution in [0.5, 0.6) is 0 Å². The fourth-order valence-corrected chi connectivity index (χ4v) is 3.18. The van der Waals surface area contributed by atoms with Crippen molar-refractivity contribution in [3.63, 3.8) is 0 Å². The predicted molar refractivity (Wildman–Crippen MR) is 97.7 cm³/mol. The Hall–Kier alpha value is -3.12. The lowest BCUT2D eigenvalue weighted by molar-refractivity contribution is 0.150. The molecular weight excluding hydrogens is 418 g/mol. The Morgan fingerprint density at radius 2 is 2.04 bits per heavy atom. The summed E-state index contributed by atoms with van der Waals surface area (Å²) in [6, 6.07) is 10.0. The molecule has 0 amide bonds. The van der Waals surface area contributed by atoms with Crippen LogP contribution in [0.25, 0.3) is 22.6 Å². The molecule has 0 atom stereocenters. The van der Waals surface area contributed by atoms with E-state index in [1.54, 1.807) is 23.8 Å². The van der Waals surface area contributed by atoms with E-state index in [1.165, 1.54) is 22.9 Å². The van der Waals surface area contributed by atoms with Crippen LogP contribution < -0.4 is 0 Å². The highest BCUT2D eigenvalue weighted by Crippen LogP contribution is 2.30. The zero-order valence-electron chi connectivity index (χ0n) is 13.9. The van der Waals surface area contributed by atoms with Gasteiger partial charge in [-0.15, -0.1) is 0 Å². The van der Waals surface area contributed by atoms with E-state index >= 15 is 0 Å². The number of nitrogens with zero attached hydrogens (tertiary/aromatic N) is 6. The minimum absolute atomic E-state index is 0.00189. The maximum Gasteiger partial charge on any atom is 0.267 e. The van der Waals surface area contributed by atoms with Gasteiger partial charge < -0.3 is 0 Å². The normalized spacial score (nSPS) is 11.3. The molecule has 0 aromatic carbocycles. The summed E-state index contributed by atoms with van der Waals surface area (Å²) >= 11 is 3.38. The van der Waals surface area contributed by atoms with Crippen molar-refractivity contribution in [1.82, 2.24) is 24.4 Å². The van der Waals surface area contributed by atoms with Gasteiger partial charge in [-0.1, -0.05) is 0 Å². The Bertz CT molecular complexity index is 1200. The Morgan fingerprint density at radius 1 is 1.22 bits per heavy atom. The minimum Gasteiger partial charge on any atom is -0.239 e. The Balaban J connectivity index is 1.93. The van der Waals surface area contributed by atoms with Crippen molar-refractivity contribution in [1.29, 1.82) is 5.26 Å². The van der Waals surface area contributed by atoms with Crippen LogP contribution in [0.3, 0.4) is 0 Å².